The summed E-state index contributed by atoms with van der Waals surface area (Å²) in [6.45, 7) is 4.19. The van der Waals surface area contributed by atoms with E-state index in [4.69, 9.17) is 4.74 Å². The minimum absolute atomic E-state index is 0.227. The van der Waals surface area contributed by atoms with E-state index in [1.807, 2.05) is 68.6 Å². The Morgan fingerprint density at radius 3 is 2.66 bits per heavy atom. The molecule has 10 heteroatoms. The molecule has 2 aromatic carbocycles. The monoisotopic (exact) mass is 585 g/mol. The number of hydrogen-bond donors (Lipinski definition) is 1. The van der Waals surface area contributed by atoms with Gasteiger partial charge in [0.05, 0.1) is 41.2 Å². The van der Waals surface area contributed by atoms with Gasteiger partial charge in [0.25, 0.3) is 11.5 Å². The average Bonchev–Trinajstić information content (AvgIpc) is 3.56. The van der Waals surface area contributed by atoms with Crippen LogP contribution in [0.15, 0.2) is 84.0 Å². The second-order valence-corrected chi connectivity index (χ2v) is 10.5. The number of carbonyl (C=O) groups is 1. The lowest BCUT2D eigenvalue weighted by atomic mass is 10.0. The van der Waals surface area contributed by atoms with Crippen molar-refractivity contribution >= 4 is 22.3 Å². The van der Waals surface area contributed by atoms with Crippen LogP contribution in [0.3, 0.4) is 0 Å². The molecule has 44 heavy (non-hydrogen) atoms. The van der Waals surface area contributed by atoms with Gasteiger partial charge in [0, 0.05) is 49.9 Å². The molecule has 0 spiro atoms. The van der Waals surface area contributed by atoms with Gasteiger partial charge >= 0.3 is 0 Å². The van der Waals surface area contributed by atoms with Gasteiger partial charge in [-0.3, -0.25) is 18.8 Å². The molecule has 220 valence electrons. The third-order valence-electron chi connectivity index (χ3n) is 7.61. The number of carbonyl (C=O) groups excluding carboxylic acids is 1. The van der Waals surface area contributed by atoms with E-state index in [9.17, 15) is 9.59 Å². The van der Waals surface area contributed by atoms with Crippen LogP contribution in [-0.4, -0.2) is 48.6 Å². The fourth-order valence-corrected chi connectivity index (χ4v) is 5.45. The van der Waals surface area contributed by atoms with Crippen LogP contribution in [0.5, 0.6) is 0 Å². The summed E-state index contributed by atoms with van der Waals surface area (Å²) in [6.07, 6.45) is 5.78. The number of ether oxygens (including phenoxy) is 1. The van der Waals surface area contributed by atoms with E-state index in [1.54, 1.807) is 52.5 Å². The molecule has 0 aliphatic rings. The van der Waals surface area contributed by atoms with Crippen LogP contribution >= 0.6 is 0 Å². The smallest absolute Gasteiger partial charge is 0.264 e. The van der Waals surface area contributed by atoms with Crippen LogP contribution in [0.4, 0.5) is 0 Å². The van der Waals surface area contributed by atoms with E-state index in [0.717, 1.165) is 16.6 Å². The maximum Gasteiger partial charge on any atom is 0.264 e. The van der Waals surface area contributed by atoms with E-state index in [2.05, 4.69) is 32.3 Å². The molecule has 10 nitrogen and oxygen atoms in total. The van der Waals surface area contributed by atoms with E-state index in [-0.39, 0.29) is 11.5 Å². The van der Waals surface area contributed by atoms with Crippen LogP contribution < -0.4 is 10.9 Å². The molecule has 0 aliphatic heterocycles. The first-order chi connectivity index (χ1) is 21.4. The van der Waals surface area contributed by atoms with Crippen molar-refractivity contribution in [2.24, 2.45) is 7.05 Å². The molecular weight excluding hydrogens is 554 g/mol. The molecule has 0 fully saturated rings. The fourth-order valence-electron chi connectivity index (χ4n) is 5.45. The van der Waals surface area contributed by atoms with Crippen molar-refractivity contribution in [1.82, 2.24) is 34.3 Å². The van der Waals surface area contributed by atoms with Crippen LogP contribution in [0.1, 0.15) is 51.5 Å². The molecule has 0 saturated heterocycles. The minimum atomic E-state index is -0.536. The van der Waals surface area contributed by atoms with Gasteiger partial charge in [0.1, 0.15) is 5.56 Å². The number of amides is 1. The van der Waals surface area contributed by atoms with Crippen LogP contribution in [-0.2, 0) is 18.2 Å². The first kappa shape index (κ1) is 28.6. The lowest BCUT2D eigenvalue weighted by Gasteiger charge is -2.21. The maximum absolute atomic E-state index is 14.4. The number of aryl methyl sites for hydroxylation is 2. The van der Waals surface area contributed by atoms with Gasteiger partial charge in [-0.1, -0.05) is 42.2 Å². The van der Waals surface area contributed by atoms with E-state index >= 15 is 0 Å². The third-order valence-corrected chi connectivity index (χ3v) is 7.61. The predicted molar refractivity (Wildman–Crippen MR) is 168 cm³/mol. The summed E-state index contributed by atoms with van der Waals surface area (Å²) in [6, 6.07) is 18.2. The van der Waals surface area contributed by atoms with Crippen molar-refractivity contribution in [1.29, 1.82) is 0 Å². The number of nitrogens with one attached hydrogen (secondary N) is 1. The molecule has 1 N–H and O–H groups in total. The van der Waals surface area contributed by atoms with E-state index in [0.29, 0.717) is 52.3 Å². The first-order valence-corrected chi connectivity index (χ1v) is 14.2. The summed E-state index contributed by atoms with van der Waals surface area (Å²) in [4.78, 5) is 32.3. The Labute approximate surface area is 253 Å². The molecule has 4 aromatic heterocycles. The van der Waals surface area contributed by atoms with E-state index in [1.165, 1.54) is 0 Å². The molecule has 4 heterocycles. The van der Waals surface area contributed by atoms with Crippen molar-refractivity contribution in [2.45, 2.75) is 26.3 Å². The normalized spacial score (nSPS) is 11.8. The standard InChI is InChI=1S/C34H31N7O3/c1-22(37-33(42)30-23(2)38-40-18-9-17-35-32(30)40)29-20-25-11-8-10-24(14-15-26-21-36-39(3)28(26)16-19-44-4)31(25)34(43)41(29)27-12-6-5-7-13-27/h5-13,17-18,20-22H,16,19H2,1-4H3,(H,37,42)/t22-/m0/s1. The van der Waals surface area contributed by atoms with Crippen LogP contribution in [0.25, 0.3) is 22.1 Å². The molecule has 1 amide bonds. The summed E-state index contributed by atoms with van der Waals surface area (Å²) in [5.41, 5.74) is 4.86. The lowest BCUT2D eigenvalue weighted by molar-refractivity contribution is 0.0939. The Morgan fingerprint density at radius 2 is 1.86 bits per heavy atom. The summed E-state index contributed by atoms with van der Waals surface area (Å²) < 4.78 is 10.3. The minimum Gasteiger partial charge on any atom is -0.384 e. The number of methoxy groups -OCH3 is 1. The zero-order valence-electron chi connectivity index (χ0n) is 24.9. The molecule has 6 rings (SSSR count). The van der Waals surface area contributed by atoms with Crippen molar-refractivity contribution < 1.29 is 9.53 Å². The second kappa shape index (κ2) is 12.0. The lowest BCUT2D eigenvalue weighted by Crippen LogP contribution is -2.32. The first-order valence-electron chi connectivity index (χ1n) is 14.2. The Morgan fingerprint density at radius 1 is 1.07 bits per heavy atom. The Balaban J connectivity index is 1.45. The highest BCUT2D eigenvalue weighted by Crippen LogP contribution is 2.24. The van der Waals surface area contributed by atoms with Crippen molar-refractivity contribution in [2.75, 3.05) is 13.7 Å². The quantitative estimate of drug-likeness (QED) is 0.282. The molecule has 6 aromatic rings. The predicted octanol–water partition coefficient (Wildman–Crippen LogP) is 4.16. The van der Waals surface area contributed by atoms with Gasteiger partial charge in [0.15, 0.2) is 5.65 Å². The van der Waals surface area contributed by atoms with E-state index < -0.39 is 6.04 Å². The Bertz CT molecular complexity index is 2130. The molecular formula is C34H31N7O3. The molecule has 0 saturated carbocycles. The van der Waals surface area contributed by atoms with Gasteiger partial charge < -0.3 is 10.1 Å². The number of para-hydroxylation sites is 1. The maximum atomic E-state index is 14.4. The zero-order chi connectivity index (χ0) is 30.8. The number of benzene rings is 2. The highest BCUT2D eigenvalue weighted by Gasteiger charge is 2.23. The summed E-state index contributed by atoms with van der Waals surface area (Å²) in [7, 11) is 3.54. The number of nitrogens with zero attached hydrogens (tertiary/aromatic N) is 6. The molecule has 0 unspecified atom stereocenters. The zero-order valence-corrected chi connectivity index (χ0v) is 24.9. The fraction of sp³-hybridized carbons (Fsp3) is 0.206. The number of fused-ring (bicyclic) bond motifs is 2. The topological polar surface area (TPSA) is 108 Å². The van der Waals surface area contributed by atoms with Crippen molar-refractivity contribution in [3.05, 3.63) is 123 Å². The molecule has 0 aliphatic carbocycles. The molecule has 0 bridgehead atoms. The number of rotatable bonds is 7. The van der Waals surface area contributed by atoms with Gasteiger partial charge in [-0.2, -0.15) is 10.2 Å². The number of pyridine rings is 1. The third kappa shape index (κ3) is 5.25. The van der Waals surface area contributed by atoms with Gasteiger partial charge in [-0.25, -0.2) is 9.50 Å². The molecule has 1 atom stereocenters. The average molecular weight is 586 g/mol. The van der Waals surface area contributed by atoms with Crippen molar-refractivity contribution in [3.8, 4) is 17.5 Å². The summed E-state index contributed by atoms with van der Waals surface area (Å²) >= 11 is 0. The van der Waals surface area contributed by atoms with Crippen molar-refractivity contribution in [3.63, 3.8) is 0 Å². The van der Waals surface area contributed by atoms with Gasteiger partial charge in [0.2, 0.25) is 0 Å². The second-order valence-electron chi connectivity index (χ2n) is 10.5. The highest BCUT2D eigenvalue weighted by atomic mass is 16.5. The Kier molecular flexibility index (Phi) is 7.79. The highest BCUT2D eigenvalue weighted by molar-refractivity contribution is 6.01. The number of hydrogen-bond acceptors (Lipinski definition) is 6. The SMILES string of the molecule is COCCc1c(C#Cc2cccc3cc([C@H](C)NC(=O)c4c(C)nn5cccnc45)n(-c4ccccc4)c(=O)c23)cnn1C. The van der Waals surface area contributed by atoms with Gasteiger partial charge in [-0.15, -0.1) is 0 Å². The summed E-state index contributed by atoms with van der Waals surface area (Å²) in [5.74, 6) is 6.14. The molecule has 0 radical (unpaired) electrons. The largest absolute Gasteiger partial charge is 0.384 e. The van der Waals surface area contributed by atoms with Crippen LogP contribution in [0, 0.1) is 18.8 Å². The van der Waals surface area contributed by atoms with Gasteiger partial charge in [-0.05, 0) is 49.6 Å². The van der Waals surface area contributed by atoms with Crippen LogP contribution in [0.2, 0.25) is 0 Å². The summed E-state index contributed by atoms with van der Waals surface area (Å²) in [5, 5.41) is 13.1. The Hall–Kier alpha value is -5.53. The number of aromatic nitrogens is 6.